The van der Waals surface area contributed by atoms with Crippen molar-refractivity contribution in [1.82, 2.24) is 4.90 Å². The van der Waals surface area contributed by atoms with E-state index in [1.54, 1.807) is 0 Å². The molecular formula is C21H30N4O+2. The number of amides is 1. The van der Waals surface area contributed by atoms with Gasteiger partial charge < -0.3 is 9.80 Å². The molecule has 138 valence electrons. The van der Waals surface area contributed by atoms with Crippen molar-refractivity contribution in [2.45, 2.75) is 20.4 Å². The van der Waals surface area contributed by atoms with Gasteiger partial charge in [-0.1, -0.05) is 29.8 Å². The number of carbonyl (C=O) groups excluding carboxylic acids is 1. The van der Waals surface area contributed by atoms with Gasteiger partial charge in [0.2, 0.25) is 0 Å². The zero-order valence-corrected chi connectivity index (χ0v) is 16.1. The van der Waals surface area contributed by atoms with Crippen molar-refractivity contribution in [2.24, 2.45) is 0 Å². The van der Waals surface area contributed by atoms with Gasteiger partial charge in [-0.3, -0.25) is 9.69 Å². The van der Waals surface area contributed by atoms with Gasteiger partial charge in [-0.2, -0.15) is 0 Å². The Hall–Kier alpha value is -2.40. The Morgan fingerprint density at radius 3 is 2.62 bits per heavy atom. The minimum absolute atomic E-state index is 0.222. The van der Waals surface area contributed by atoms with Crippen LogP contribution in [-0.2, 0) is 11.3 Å². The summed E-state index contributed by atoms with van der Waals surface area (Å²) in [5, 5.41) is 0. The molecule has 2 N–H and O–H groups in total. The molecule has 1 aromatic carbocycles. The van der Waals surface area contributed by atoms with Crippen LogP contribution < -0.4 is 14.8 Å². The molecule has 1 aromatic heterocycles. The second kappa shape index (κ2) is 8.32. The Kier molecular flexibility index (Phi) is 5.89. The van der Waals surface area contributed by atoms with Crippen molar-refractivity contribution in [2.75, 3.05) is 44.7 Å². The van der Waals surface area contributed by atoms with Gasteiger partial charge in [0, 0.05) is 19.7 Å². The summed E-state index contributed by atoms with van der Waals surface area (Å²) in [5.74, 6) is 1.38. The number of aromatic nitrogens is 1. The number of rotatable bonds is 5. The molecule has 0 aliphatic carbocycles. The molecule has 0 bridgehead atoms. The lowest BCUT2D eigenvalue weighted by Gasteiger charge is -2.29. The van der Waals surface area contributed by atoms with E-state index >= 15 is 0 Å². The number of piperazine rings is 1. The largest absolute Gasteiger partial charge is 0.337 e. The number of aryl methyl sites for hydroxylation is 2. The number of aromatic amines is 1. The molecule has 1 aliphatic rings. The van der Waals surface area contributed by atoms with Crippen molar-refractivity contribution in [1.29, 1.82) is 0 Å². The maximum Gasteiger partial charge on any atom is 0.277 e. The fourth-order valence-electron chi connectivity index (χ4n) is 3.54. The summed E-state index contributed by atoms with van der Waals surface area (Å²) in [4.78, 5) is 21.5. The standard InChI is InChI=1S/C21H28N4O/c1-17-7-8-19(18(2)14-17)15-23(3)21(26)16-24-10-12-25(13-11-24)20-6-4-5-9-22-20/h4-9,14H,10-13,15-16H2,1-3H3/p+2. The van der Waals surface area contributed by atoms with Crippen molar-refractivity contribution in [3.8, 4) is 0 Å². The lowest BCUT2D eigenvalue weighted by Crippen LogP contribution is -3.15. The first-order valence-corrected chi connectivity index (χ1v) is 9.38. The number of benzene rings is 1. The molecule has 0 spiro atoms. The zero-order chi connectivity index (χ0) is 18.5. The van der Waals surface area contributed by atoms with Gasteiger partial charge in [0.1, 0.15) is 26.2 Å². The maximum atomic E-state index is 12.6. The van der Waals surface area contributed by atoms with E-state index in [9.17, 15) is 4.79 Å². The van der Waals surface area contributed by atoms with E-state index < -0.39 is 0 Å². The summed E-state index contributed by atoms with van der Waals surface area (Å²) in [6.45, 7) is 9.41. The van der Waals surface area contributed by atoms with Crippen LogP contribution in [0, 0.1) is 13.8 Å². The van der Waals surface area contributed by atoms with Gasteiger partial charge in [0.15, 0.2) is 6.54 Å². The Morgan fingerprint density at radius 2 is 1.96 bits per heavy atom. The normalized spacial score (nSPS) is 15.1. The highest BCUT2D eigenvalue weighted by Crippen LogP contribution is 2.12. The third-order valence-corrected chi connectivity index (χ3v) is 5.24. The molecular weight excluding hydrogens is 324 g/mol. The molecule has 2 aromatic rings. The van der Waals surface area contributed by atoms with Crippen LogP contribution >= 0.6 is 0 Å². The van der Waals surface area contributed by atoms with E-state index in [1.165, 1.54) is 21.6 Å². The molecule has 1 fully saturated rings. The van der Waals surface area contributed by atoms with Crippen LogP contribution in [0.4, 0.5) is 5.82 Å². The van der Waals surface area contributed by atoms with Crippen molar-refractivity contribution in [3.05, 3.63) is 59.3 Å². The summed E-state index contributed by atoms with van der Waals surface area (Å²) in [6, 6.07) is 12.6. The third-order valence-electron chi connectivity index (χ3n) is 5.24. The molecule has 5 heteroatoms. The minimum Gasteiger partial charge on any atom is -0.337 e. The lowest BCUT2D eigenvalue weighted by molar-refractivity contribution is -0.892. The Morgan fingerprint density at radius 1 is 1.19 bits per heavy atom. The van der Waals surface area contributed by atoms with Gasteiger partial charge in [-0.15, -0.1) is 0 Å². The molecule has 1 aliphatic heterocycles. The number of quaternary nitrogens is 1. The monoisotopic (exact) mass is 354 g/mol. The lowest BCUT2D eigenvalue weighted by atomic mass is 10.1. The molecule has 0 saturated carbocycles. The average molecular weight is 354 g/mol. The molecule has 0 unspecified atom stereocenters. The smallest absolute Gasteiger partial charge is 0.277 e. The number of carbonyl (C=O) groups is 1. The number of anilines is 1. The SMILES string of the molecule is Cc1ccc(CN(C)C(=O)C[NH+]2CCN(c3cccc[nH+]3)CC2)c(C)c1. The molecule has 1 saturated heterocycles. The summed E-state index contributed by atoms with van der Waals surface area (Å²) in [7, 11) is 1.91. The predicted octanol–water partition coefficient (Wildman–Crippen LogP) is 0.481. The number of pyridine rings is 1. The highest BCUT2D eigenvalue weighted by Gasteiger charge is 2.28. The molecule has 3 rings (SSSR count). The highest BCUT2D eigenvalue weighted by molar-refractivity contribution is 5.76. The Balaban J connectivity index is 1.49. The van der Waals surface area contributed by atoms with E-state index in [-0.39, 0.29) is 5.91 Å². The Labute approximate surface area is 156 Å². The number of nitrogens with zero attached hydrogens (tertiary/aromatic N) is 2. The van der Waals surface area contributed by atoms with Crippen LogP contribution in [0.3, 0.4) is 0 Å². The molecule has 0 atom stereocenters. The highest BCUT2D eigenvalue weighted by atomic mass is 16.2. The van der Waals surface area contributed by atoms with Crippen LogP contribution in [0.2, 0.25) is 0 Å². The van der Waals surface area contributed by atoms with Crippen molar-refractivity contribution in [3.63, 3.8) is 0 Å². The van der Waals surface area contributed by atoms with Crippen molar-refractivity contribution < 1.29 is 14.7 Å². The molecule has 2 heterocycles. The fourth-order valence-corrected chi connectivity index (χ4v) is 3.54. The van der Waals surface area contributed by atoms with Crippen LogP contribution in [0.1, 0.15) is 16.7 Å². The molecule has 0 radical (unpaired) electrons. The van der Waals surface area contributed by atoms with E-state index in [2.05, 4.69) is 54.1 Å². The number of H-pyrrole nitrogens is 1. The van der Waals surface area contributed by atoms with Gasteiger partial charge in [-0.25, -0.2) is 4.98 Å². The van der Waals surface area contributed by atoms with E-state index in [4.69, 9.17) is 0 Å². The first-order valence-electron chi connectivity index (χ1n) is 9.38. The van der Waals surface area contributed by atoms with Gasteiger partial charge in [0.25, 0.3) is 11.7 Å². The number of hydrogen-bond acceptors (Lipinski definition) is 2. The third kappa shape index (κ3) is 4.61. The second-order valence-electron chi connectivity index (χ2n) is 7.34. The zero-order valence-electron chi connectivity index (χ0n) is 16.1. The quantitative estimate of drug-likeness (QED) is 0.849. The summed E-state index contributed by atoms with van der Waals surface area (Å²) < 4.78 is 0. The van der Waals surface area contributed by atoms with Crippen LogP contribution in [0.5, 0.6) is 0 Å². The van der Waals surface area contributed by atoms with Crippen molar-refractivity contribution >= 4 is 11.7 Å². The first kappa shape index (κ1) is 18.4. The number of hydrogen-bond donors (Lipinski definition) is 1. The summed E-state index contributed by atoms with van der Waals surface area (Å²) in [5.41, 5.74) is 3.74. The van der Waals surface area contributed by atoms with E-state index in [0.29, 0.717) is 13.1 Å². The topological polar surface area (TPSA) is 42.1 Å². The first-order chi connectivity index (χ1) is 12.5. The molecule has 26 heavy (non-hydrogen) atoms. The van der Waals surface area contributed by atoms with Crippen LogP contribution in [-0.4, -0.2) is 50.6 Å². The summed E-state index contributed by atoms with van der Waals surface area (Å²) in [6.07, 6.45) is 1.96. The van der Waals surface area contributed by atoms with Crippen LogP contribution in [0.25, 0.3) is 0 Å². The van der Waals surface area contributed by atoms with Crippen LogP contribution in [0.15, 0.2) is 42.6 Å². The average Bonchev–Trinajstić information content (AvgIpc) is 2.65. The molecule has 1 amide bonds. The van der Waals surface area contributed by atoms with Gasteiger partial charge >= 0.3 is 0 Å². The minimum atomic E-state index is 0.222. The van der Waals surface area contributed by atoms with Gasteiger partial charge in [-0.05, 0) is 31.0 Å². The maximum absolute atomic E-state index is 12.6. The van der Waals surface area contributed by atoms with E-state index in [1.807, 2.05) is 24.2 Å². The molecule has 5 nitrogen and oxygen atoms in total. The summed E-state index contributed by atoms with van der Waals surface area (Å²) >= 11 is 0. The second-order valence-corrected chi connectivity index (χ2v) is 7.34. The van der Waals surface area contributed by atoms with E-state index in [0.717, 1.165) is 32.0 Å². The number of likely N-dealkylation sites (N-methyl/N-ethyl adjacent to an activating group) is 1. The fraction of sp³-hybridized carbons (Fsp3) is 0.429. The predicted molar refractivity (Wildman–Crippen MR) is 103 cm³/mol. The van der Waals surface area contributed by atoms with Gasteiger partial charge in [0.05, 0.1) is 6.20 Å². The number of nitrogens with one attached hydrogen (secondary N) is 2. The Bertz CT molecular complexity index is 739.